The van der Waals surface area contributed by atoms with E-state index in [0.29, 0.717) is 16.8 Å². The van der Waals surface area contributed by atoms with Gasteiger partial charge in [0.2, 0.25) is 0 Å². The lowest BCUT2D eigenvalue weighted by atomic mass is 10.2. The Labute approximate surface area is 185 Å². The molecule has 1 aromatic carbocycles. The van der Waals surface area contributed by atoms with Crippen LogP contribution in [0.15, 0.2) is 47.5 Å². The highest BCUT2D eigenvalue weighted by Gasteiger charge is 2.40. The maximum atomic E-state index is 13.7. The van der Waals surface area contributed by atoms with Gasteiger partial charge < -0.3 is 5.32 Å². The van der Waals surface area contributed by atoms with Crippen LogP contribution >= 0.6 is 23.2 Å². The molecule has 11 heteroatoms. The van der Waals surface area contributed by atoms with Crippen LogP contribution in [-0.2, 0) is 6.18 Å². The third-order valence-electron chi connectivity index (χ3n) is 4.46. The van der Waals surface area contributed by atoms with Crippen LogP contribution in [0.5, 0.6) is 0 Å². The number of halogens is 5. The first-order valence-corrected chi connectivity index (χ1v) is 10.0. The lowest BCUT2D eigenvalue weighted by Gasteiger charge is -2.13. The summed E-state index contributed by atoms with van der Waals surface area (Å²) in [5, 5.41) is 6.17. The third-order valence-corrected chi connectivity index (χ3v) is 5.23. The number of alkyl halides is 3. The first kappa shape index (κ1) is 22.9. The molecule has 2 heterocycles. The van der Waals surface area contributed by atoms with E-state index in [4.69, 9.17) is 23.2 Å². The van der Waals surface area contributed by atoms with Gasteiger partial charge in [-0.1, -0.05) is 36.5 Å². The first-order chi connectivity index (χ1) is 14.6. The van der Waals surface area contributed by atoms with Crippen molar-refractivity contribution in [3.05, 3.63) is 74.4 Å². The fraction of sp³-hybridized carbons (Fsp3) is 0.250. The Hall–Kier alpha value is -2.78. The molecule has 0 atom stereocenters. The Morgan fingerprint density at radius 2 is 1.77 bits per heavy atom. The second-order valence-electron chi connectivity index (χ2n) is 6.60. The van der Waals surface area contributed by atoms with E-state index in [1.807, 2.05) is 6.92 Å². The molecular formula is C20H17Cl2F3N4O2. The predicted molar refractivity (Wildman–Crippen MR) is 111 cm³/mol. The molecular weight excluding hydrogens is 456 g/mol. The van der Waals surface area contributed by atoms with Gasteiger partial charge in [-0.05, 0) is 36.8 Å². The summed E-state index contributed by atoms with van der Waals surface area (Å²) in [4.78, 5) is 24.5. The van der Waals surface area contributed by atoms with Crippen LogP contribution in [-0.4, -0.2) is 26.8 Å². The Morgan fingerprint density at radius 3 is 2.39 bits per heavy atom. The van der Waals surface area contributed by atoms with Crippen LogP contribution in [0, 0.1) is 0 Å². The van der Waals surface area contributed by atoms with Gasteiger partial charge in [0, 0.05) is 18.4 Å². The summed E-state index contributed by atoms with van der Waals surface area (Å²) in [7, 11) is 0. The minimum atomic E-state index is -4.81. The Morgan fingerprint density at radius 1 is 1.13 bits per heavy atom. The molecule has 0 unspecified atom stereocenters. The maximum Gasteiger partial charge on any atom is 0.434 e. The zero-order chi connectivity index (χ0) is 22.8. The molecule has 2 aromatic heterocycles. The average Bonchev–Trinajstić information content (AvgIpc) is 3.18. The molecule has 0 radical (unpaired) electrons. The molecule has 164 valence electrons. The zero-order valence-electron chi connectivity index (χ0n) is 16.2. The number of rotatable bonds is 6. The molecule has 6 nitrogen and oxygen atoms in total. The minimum absolute atomic E-state index is 0.0665. The maximum absolute atomic E-state index is 13.7. The largest absolute Gasteiger partial charge is 0.434 e. The molecule has 1 amide bonds. The molecule has 3 rings (SSSR count). The van der Waals surface area contributed by atoms with Gasteiger partial charge in [0.1, 0.15) is 5.02 Å². The van der Waals surface area contributed by atoms with Gasteiger partial charge in [-0.2, -0.15) is 18.3 Å². The summed E-state index contributed by atoms with van der Waals surface area (Å²) in [6, 6.07) is 7.00. The average molecular weight is 473 g/mol. The summed E-state index contributed by atoms with van der Waals surface area (Å²) in [6.45, 7) is 2.17. The molecule has 0 bridgehead atoms. The minimum Gasteiger partial charge on any atom is -0.352 e. The number of nitrogens with zero attached hydrogens (tertiary/aromatic N) is 3. The van der Waals surface area contributed by atoms with E-state index in [0.717, 1.165) is 12.6 Å². The Kier molecular flexibility index (Phi) is 6.76. The van der Waals surface area contributed by atoms with E-state index >= 15 is 0 Å². The van der Waals surface area contributed by atoms with Crippen LogP contribution in [0.2, 0.25) is 10.0 Å². The number of nitrogens with one attached hydrogen (secondary N) is 1. The topological polar surface area (TPSA) is 68.9 Å². The number of hydrogen-bond acceptors (Lipinski definition) is 3. The van der Waals surface area contributed by atoms with Gasteiger partial charge in [-0.15, -0.1) is 0 Å². The van der Waals surface area contributed by atoms with Gasteiger partial charge in [0.05, 0.1) is 22.5 Å². The second-order valence-corrected chi connectivity index (χ2v) is 7.38. The van der Waals surface area contributed by atoms with Crippen molar-refractivity contribution in [1.29, 1.82) is 0 Å². The fourth-order valence-electron chi connectivity index (χ4n) is 2.90. The molecule has 0 aliphatic carbocycles. The molecule has 0 spiro atoms. The number of carbonyl (C=O) groups excluding carboxylic acids is 1. The summed E-state index contributed by atoms with van der Waals surface area (Å²) in [5.74, 6) is -0.842. The van der Waals surface area contributed by atoms with Crippen molar-refractivity contribution < 1.29 is 18.0 Å². The fourth-order valence-corrected chi connectivity index (χ4v) is 3.19. The van der Waals surface area contributed by atoms with Gasteiger partial charge in [-0.3, -0.25) is 14.2 Å². The molecule has 0 aliphatic heterocycles. The van der Waals surface area contributed by atoms with Crippen molar-refractivity contribution in [2.45, 2.75) is 25.9 Å². The molecule has 0 saturated carbocycles. The Bertz CT molecular complexity index is 1150. The Balaban J connectivity index is 1.99. The lowest BCUT2D eigenvalue weighted by Crippen LogP contribution is -2.27. The van der Waals surface area contributed by atoms with Crippen molar-refractivity contribution in [3.8, 4) is 11.4 Å². The van der Waals surface area contributed by atoms with Crippen LogP contribution in [0.25, 0.3) is 11.4 Å². The predicted octanol–water partition coefficient (Wildman–Crippen LogP) is 4.88. The number of pyridine rings is 1. The van der Waals surface area contributed by atoms with Crippen LogP contribution in [0.3, 0.4) is 0 Å². The van der Waals surface area contributed by atoms with E-state index in [-0.39, 0.29) is 22.3 Å². The quantitative estimate of drug-likeness (QED) is 0.519. The van der Waals surface area contributed by atoms with Gasteiger partial charge >= 0.3 is 6.18 Å². The van der Waals surface area contributed by atoms with Crippen molar-refractivity contribution in [3.63, 3.8) is 0 Å². The standard InChI is InChI=1S/C20H17Cl2F3N4O2/c1-2-3-9-26-18(30)14-11-27-29(17(14)20(23,24)25)13-6-4-12(5-7-13)28-10-8-15(21)16(22)19(28)31/h4-8,10-11H,2-3,9H2,1H3,(H,26,30). The summed E-state index contributed by atoms with van der Waals surface area (Å²) in [6.07, 6.45) is -1.08. The number of hydrogen-bond donors (Lipinski definition) is 1. The highest BCUT2D eigenvalue weighted by atomic mass is 35.5. The molecule has 0 saturated heterocycles. The first-order valence-electron chi connectivity index (χ1n) is 9.26. The summed E-state index contributed by atoms with van der Waals surface area (Å²) >= 11 is 11.7. The van der Waals surface area contributed by atoms with Crippen LogP contribution in [0.4, 0.5) is 13.2 Å². The highest BCUT2D eigenvalue weighted by molar-refractivity contribution is 6.41. The number of amides is 1. The van der Waals surface area contributed by atoms with Crippen LogP contribution in [0.1, 0.15) is 35.8 Å². The van der Waals surface area contributed by atoms with Crippen molar-refractivity contribution in [1.82, 2.24) is 19.7 Å². The smallest absolute Gasteiger partial charge is 0.352 e. The summed E-state index contributed by atoms with van der Waals surface area (Å²) < 4.78 is 43.1. The number of carbonyl (C=O) groups is 1. The molecule has 1 N–H and O–H groups in total. The normalized spacial score (nSPS) is 11.5. The van der Waals surface area contributed by atoms with Crippen LogP contribution < -0.4 is 10.9 Å². The van der Waals surface area contributed by atoms with E-state index in [2.05, 4.69) is 10.4 Å². The molecule has 0 fully saturated rings. The second kappa shape index (κ2) is 9.15. The van der Waals surface area contributed by atoms with Gasteiger partial charge in [0.15, 0.2) is 5.69 Å². The van der Waals surface area contributed by atoms with Crippen molar-refractivity contribution in [2.24, 2.45) is 0 Å². The lowest BCUT2D eigenvalue weighted by molar-refractivity contribution is -0.143. The van der Waals surface area contributed by atoms with Crippen molar-refractivity contribution >= 4 is 29.1 Å². The van der Waals surface area contributed by atoms with Gasteiger partial charge in [-0.25, -0.2) is 4.68 Å². The van der Waals surface area contributed by atoms with Gasteiger partial charge in [0.25, 0.3) is 11.5 Å². The SMILES string of the molecule is CCCCNC(=O)c1cnn(-c2ccc(-n3ccc(Cl)c(Cl)c3=O)cc2)c1C(F)(F)F. The number of unbranched alkanes of at least 4 members (excludes halogenated alkanes) is 1. The molecule has 0 aliphatic rings. The monoisotopic (exact) mass is 472 g/mol. The third kappa shape index (κ3) is 4.77. The zero-order valence-corrected chi connectivity index (χ0v) is 17.7. The molecule has 3 aromatic rings. The molecule has 31 heavy (non-hydrogen) atoms. The van der Waals surface area contributed by atoms with Crippen molar-refractivity contribution in [2.75, 3.05) is 6.54 Å². The highest BCUT2D eigenvalue weighted by Crippen LogP contribution is 2.33. The van der Waals surface area contributed by atoms with E-state index in [1.165, 1.54) is 41.1 Å². The number of aromatic nitrogens is 3. The summed E-state index contributed by atoms with van der Waals surface area (Å²) in [5.41, 5.74) is -1.88. The van der Waals surface area contributed by atoms with E-state index < -0.39 is 28.9 Å². The van der Waals surface area contributed by atoms with E-state index in [1.54, 1.807) is 0 Å². The number of benzene rings is 1. The van der Waals surface area contributed by atoms with E-state index in [9.17, 15) is 22.8 Å².